The third kappa shape index (κ3) is 3.28. The van der Waals surface area contributed by atoms with Crippen molar-refractivity contribution in [3.8, 4) is 0 Å². The van der Waals surface area contributed by atoms with E-state index in [0.29, 0.717) is 0 Å². The van der Waals surface area contributed by atoms with Gasteiger partial charge in [-0.2, -0.15) is 0 Å². The monoisotopic (exact) mass is 276 g/mol. The molecule has 2 rings (SSSR count). The molecule has 2 aromatic rings. The van der Waals surface area contributed by atoms with E-state index in [4.69, 9.17) is 4.42 Å². The molecule has 0 saturated carbocycles. The number of hydrogen-bond acceptors (Lipinski definition) is 4. The predicted octanol–water partition coefficient (Wildman–Crippen LogP) is 2.93. The number of aromatic nitrogens is 3. The molecule has 1 unspecified atom stereocenters. The summed E-state index contributed by atoms with van der Waals surface area (Å²) in [6, 6.07) is 4.12. The maximum atomic E-state index is 5.92. The molecule has 2 aromatic heterocycles. The van der Waals surface area contributed by atoms with Crippen molar-refractivity contribution in [2.24, 2.45) is 0 Å². The van der Waals surface area contributed by atoms with Gasteiger partial charge in [-0.15, -0.1) is 5.10 Å². The van der Waals surface area contributed by atoms with Crippen LogP contribution in [0.1, 0.15) is 56.9 Å². The van der Waals surface area contributed by atoms with Gasteiger partial charge in [0, 0.05) is 13.0 Å². The Morgan fingerprint density at radius 3 is 2.75 bits per heavy atom. The highest BCUT2D eigenvalue weighted by atomic mass is 16.3. The van der Waals surface area contributed by atoms with Crippen LogP contribution in [0.15, 0.2) is 22.7 Å². The summed E-state index contributed by atoms with van der Waals surface area (Å²) in [5.41, 5.74) is 1.07. The van der Waals surface area contributed by atoms with Crippen molar-refractivity contribution in [1.29, 1.82) is 0 Å². The highest BCUT2D eigenvalue weighted by Crippen LogP contribution is 2.24. The zero-order valence-corrected chi connectivity index (χ0v) is 12.6. The Kier molecular flexibility index (Phi) is 5.35. The van der Waals surface area contributed by atoms with Crippen molar-refractivity contribution in [2.75, 3.05) is 6.54 Å². The predicted molar refractivity (Wildman–Crippen MR) is 78.5 cm³/mol. The highest BCUT2D eigenvalue weighted by Gasteiger charge is 2.21. The lowest BCUT2D eigenvalue weighted by atomic mass is 10.1. The largest absolute Gasteiger partial charge is 0.464 e. The minimum absolute atomic E-state index is 0.0248. The van der Waals surface area contributed by atoms with E-state index in [1.165, 1.54) is 0 Å². The normalized spacial score (nSPS) is 12.8. The molecule has 0 aliphatic heterocycles. The second kappa shape index (κ2) is 7.24. The molecular formula is C15H24N4O. The molecule has 0 bridgehead atoms. The van der Waals surface area contributed by atoms with Gasteiger partial charge in [-0.3, -0.25) is 0 Å². The summed E-state index contributed by atoms with van der Waals surface area (Å²) in [6.45, 7) is 8.21. The van der Waals surface area contributed by atoms with E-state index >= 15 is 0 Å². The van der Waals surface area contributed by atoms with E-state index in [1.807, 2.05) is 16.9 Å². The molecule has 5 nitrogen and oxygen atoms in total. The Morgan fingerprint density at radius 1 is 1.25 bits per heavy atom. The number of nitrogens with one attached hydrogen (secondary N) is 1. The van der Waals surface area contributed by atoms with Crippen molar-refractivity contribution in [1.82, 2.24) is 20.3 Å². The van der Waals surface area contributed by atoms with Crippen LogP contribution in [0.4, 0.5) is 0 Å². The second-order valence-electron chi connectivity index (χ2n) is 4.93. The van der Waals surface area contributed by atoms with Crippen LogP contribution in [-0.4, -0.2) is 21.5 Å². The average Bonchev–Trinajstić information content (AvgIpc) is 3.10. The highest BCUT2D eigenvalue weighted by molar-refractivity contribution is 5.20. The molecule has 110 valence electrons. The Hall–Kier alpha value is -1.62. The van der Waals surface area contributed by atoms with Crippen molar-refractivity contribution in [3.05, 3.63) is 35.5 Å². The Balaban J connectivity index is 2.28. The van der Waals surface area contributed by atoms with E-state index in [1.54, 1.807) is 0 Å². The molecule has 5 heteroatoms. The van der Waals surface area contributed by atoms with Gasteiger partial charge in [0.2, 0.25) is 0 Å². The summed E-state index contributed by atoms with van der Waals surface area (Å²) in [6.07, 6.45) is 4.85. The summed E-state index contributed by atoms with van der Waals surface area (Å²) in [5, 5.41) is 11.8. The zero-order valence-electron chi connectivity index (χ0n) is 12.6. The first-order valence-corrected chi connectivity index (χ1v) is 7.50. The molecule has 2 heterocycles. The Bertz CT molecular complexity index is 517. The third-order valence-corrected chi connectivity index (χ3v) is 3.29. The van der Waals surface area contributed by atoms with Crippen molar-refractivity contribution < 1.29 is 4.42 Å². The quantitative estimate of drug-likeness (QED) is 0.805. The SMILES string of the molecule is CCCNC(c1ccc(CC)o1)c1cnnn1CCC. The smallest absolute Gasteiger partial charge is 0.127 e. The fourth-order valence-electron chi connectivity index (χ4n) is 2.25. The fourth-order valence-corrected chi connectivity index (χ4v) is 2.25. The van der Waals surface area contributed by atoms with Crippen LogP contribution in [0.25, 0.3) is 0 Å². The van der Waals surface area contributed by atoms with Crippen molar-refractivity contribution in [3.63, 3.8) is 0 Å². The van der Waals surface area contributed by atoms with Crippen LogP contribution >= 0.6 is 0 Å². The van der Waals surface area contributed by atoms with Crippen molar-refractivity contribution in [2.45, 2.75) is 52.6 Å². The van der Waals surface area contributed by atoms with Gasteiger partial charge in [0.25, 0.3) is 0 Å². The molecule has 0 aromatic carbocycles. The molecule has 0 aliphatic rings. The summed E-state index contributed by atoms with van der Waals surface area (Å²) in [7, 11) is 0. The van der Waals surface area contributed by atoms with E-state index in [-0.39, 0.29) is 6.04 Å². The van der Waals surface area contributed by atoms with Gasteiger partial charge in [0.15, 0.2) is 0 Å². The van der Waals surface area contributed by atoms with Crippen LogP contribution in [0.5, 0.6) is 0 Å². The van der Waals surface area contributed by atoms with Gasteiger partial charge in [-0.1, -0.05) is 26.0 Å². The second-order valence-corrected chi connectivity index (χ2v) is 4.93. The first-order chi connectivity index (χ1) is 9.80. The summed E-state index contributed by atoms with van der Waals surface area (Å²) in [5.74, 6) is 1.95. The maximum absolute atomic E-state index is 5.92. The Morgan fingerprint density at radius 2 is 2.10 bits per heavy atom. The molecule has 0 aliphatic carbocycles. The van der Waals surface area contributed by atoms with Gasteiger partial charge in [0.1, 0.15) is 17.6 Å². The van der Waals surface area contributed by atoms with Crippen LogP contribution in [0.2, 0.25) is 0 Å². The minimum Gasteiger partial charge on any atom is -0.464 e. The lowest BCUT2D eigenvalue weighted by Crippen LogP contribution is -2.25. The molecule has 1 N–H and O–H groups in total. The molecule has 1 atom stereocenters. The molecule has 0 amide bonds. The van der Waals surface area contributed by atoms with Gasteiger partial charge in [-0.05, 0) is 31.5 Å². The standard InChI is InChI=1S/C15H24N4O/c1-4-9-16-15(14-8-7-12(6-3)20-14)13-11-17-18-19(13)10-5-2/h7-8,11,15-16H,4-6,9-10H2,1-3H3. The molecule has 0 saturated heterocycles. The zero-order chi connectivity index (χ0) is 14.4. The molecule has 0 fully saturated rings. The summed E-state index contributed by atoms with van der Waals surface area (Å²) >= 11 is 0. The topological polar surface area (TPSA) is 55.9 Å². The van der Waals surface area contributed by atoms with Crippen LogP contribution in [-0.2, 0) is 13.0 Å². The number of rotatable bonds is 8. The van der Waals surface area contributed by atoms with Gasteiger partial charge >= 0.3 is 0 Å². The van der Waals surface area contributed by atoms with Gasteiger partial charge in [0.05, 0.1) is 11.9 Å². The van der Waals surface area contributed by atoms with Crippen LogP contribution < -0.4 is 5.32 Å². The lowest BCUT2D eigenvalue weighted by molar-refractivity contribution is 0.404. The van der Waals surface area contributed by atoms with E-state index in [0.717, 1.165) is 49.6 Å². The van der Waals surface area contributed by atoms with Gasteiger partial charge in [-0.25, -0.2) is 4.68 Å². The minimum atomic E-state index is 0.0248. The number of aryl methyl sites for hydroxylation is 2. The molecule has 20 heavy (non-hydrogen) atoms. The van der Waals surface area contributed by atoms with Crippen LogP contribution in [0, 0.1) is 0 Å². The first-order valence-electron chi connectivity index (χ1n) is 7.50. The molecular weight excluding hydrogens is 252 g/mol. The summed E-state index contributed by atoms with van der Waals surface area (Å²) < 4.78 is 7.88. The van der Waals surface area contributed by atoms with E-state index < -0.39 is 0 Å². The third-order valence-electron chi connectivity index (χ3n) is 3.29. The number of hydrogen-bond donors (Lipinski definition) is 1. The fraction of sp³-hybridized carbons (Fsp3) is 0.600. The molecule has 0 radical (unpaired) electrons. The molecule has 0 spiro atoms. The van der Waals surface area contributed by atoms with Crippen molar-refractivity contribution >= 4 is 0 Å². The number of furan rings is 1. The van der Waals surface area contributed by atoms with Gasteiger partial charge < -0.3 is 9.73 Å². The summed E-state index contributed by atoms with van der Waals surface area (Å²) in [4.78, 5) is 0. The maximum Gasteiger partial charge on any atom is 0.127 e. The van der Waals surface area contributed by atoms with E-state index in [2.05, 4.69) is 42.5 Å². The first kappa shape index (κ1) is 14.8. The lowest BCUT2D eigenvalue weighted by Gasteiger charge is -2.17. The van der Waals surface area contributed by atoms with Crippen LogP contribution in [0.3, 0.4) is 0 Å². The Labute approximate surface area is 120 Å². The van der Waals surface area contributed by atoms with E-state index in [9.17, 15) is 0 Å². The number of nitrogens with zero attached hydrogens (tertiary/aromatic N) is 3. The average molecular weight is 276 g/mol.